The lowest BCUT2D eigenvalue weighted by atomic mass is 10.0. The predicted molar refractivity (Wildman–Crippen MR) is 98.8 cm³/mol. The highest BCUT2D eigenvalue weighted by molar-refractivity contribution is 7.11. The molecule has 0 bridgehead atoms. The lowest BCUT2D eigenvalue weighted by Gasteiger charge is -2.34. The van der Waals surface area contributed by atoms with E-state index in [1.807, 2.05) is 23.9 Å². The molecule has 136 valence electrons. The molecule has 0 radical (unpaired) electrons. The van der Waals surface area contributed by atoms with E-state index in [1.54, 1.807) is 0 Å². The fraction of sp³-hybridized carbons (Fsp3) is 0.632. The SMILES string of the molecule is Cc1ccc(CN2Cc3cncn3[C@H](COCC3CCOCC3)C2)s1. The van der Waals surface area contributed by atoms with Crippen molar-refractivity contribution >= 4 is 11.3 Å². The number of hydrogen-bond donors (Lipinski definition) is 0. The standard InChI is InChI=1S/C19H27N3O2S/c1-15-2-3-19(25-15)11-21-9-17-8-20-14-22(17)18(10-21)13-24-12-16-4-6-23-7-5-16/h2-3,8,14,16,18H,4-7,9-13H2,1H3/t18-/m0/s1. The maximum Gasteiger partial charge on any atom is 0.0952 e. The molecule has 1 fully saturated rings. The van der Waals surface area contributed by atoms with Gasteiger partial charge in [0, 0.05) is 55.4 Å². The van der Waals surface area contributed by atoms with Gasteiger partial charge in [0.2, 0.25) is 0 Å². The maximum atomic E-state index is 6.11. The Hall–Kier alpha value is -1.21. The first-order valence-corrected chi connectivity index (χ1v) is 10.0. The van der Waals surface area contributed by atoms with Gasteiger partial charge in [-0.25, -0.2) is 4.98 Å². The van der Waals surface area contributed by atoms with Gasteiger partial charge in [0.25, 0.3) is 0 Å². The normalized spacial score (nSPS) is 22.2. The maximum absolute atomic E-state index is 6.11. The number of imidazole rings is 1. The van der Waals surface area contributed by atoms with Crippen LogP contribution in [0.4, 0.5) is 0 Å². The third-order valence-electron chi connectivity index (χ3n) is 5.17. The summed E-state index contributed by atoms with van der Waals surface area (Å²) in [7, 11) is 0. The first-order chi connectivity index (χ1) is 12.3. The second-order valence-corrected chi connectivity index (χ2v) is 8.59. The van der Waals surface area contributed by atoms with Crippen LogP contribution in [0.15, 0.2) is 24.7 Å². The van der Waals surface area contributed by atoms with Crippen LogP contribution in [0.1, 0.15) is 34.3 Å². The van der Waals surface area contributed by atoms with Gasteiger partial charge < -0.3 is 14.0 Å². The zero-order valence-electron chi connectivity index (χ0n) is 14.9. The Morgan fingerprint density at radius 2 is 2.16 bits per heavy atom. The fourth-order valence-electron chi connectivity index (χ4n) is 3.79. The van der Waals surface area contributed by atoms with Gasteiger partial charge in [0.15, 0.2) is 0 Å². The minimum absolute atomic E-state index is 0.354. The number of nitrogens with zero attached hydrogens (tertiary/aromatic N) is 3. The summed E-state index contributed by atoms with van der Waals surface area (Å²) in [5.74, 6) is 0.657. The van der Waals surface area contributed by atoms with Gasteiger partial charge in [-0.15, -0.1) is 11.3 Å². The van der Waals surface area contributed by atoms with Crippen molar-refractivity contribution in [3.8, 4) is 0 Å². The Morgan fingerprint density at radius 3 is 2.96 bits per heavy atom. The monoisotopic (exact) mass is 361 g/mol. The number of aromatic nitrogens is 2. The first-order valence-electron chi connectivity index (χ1n) is 9.22. The molecule has 4 rings (SSSR count). The number of thiophene rings is 1. The molecule has 4 heterocycles. The van der Waals surface area contributed by atoms with Gasteiger partial charge in [-0.3, -0.25) is 4.90 Å². The van der Waals surface area contributed by atoms with Gasteiger partial charge >= 0.3 is 0 Å². The molecule has 6 heteroatoms. The molecule has 0 N–H and O–H groups in total. The van der Waals surface area contributed by atoms with Gasteiger partial charge in [0.05, 0.1) is 24.7 Å². The largest absolute Gasteiger partial charge is 0.381 e. The summed E-state index contributed by atoms with van der Waals surface area (Å²) in [4.78, 5) is 9.70. The lowest BCUT2D eigenvalue weighted by Crippen LogP contribution is -2.38. The van der Waals surface area contributed by atoms with Crippen molar-refractivity contribution in [2.75, 3.05) is 33.0 Å². The number of fused-ring (bicyclic) bond motifs is 1. The van der Waals surface area contributed by atoms with Crippen LogP contribution in [0.3, 0.4) is 0 Å². The van der Waals surface area contributed by atoms with Crippen molar-refractivity contribution in [3.63, 3.8) is 0 Å². The second-order valence-electron chi connectivity index (χ2n) is 7.22. The Labute approximate surface area is 153 Å². The van der Waals surface area contributed by atoms with Gasteiger partial charge in [-0.1, -0.05) is 0 Å². The van der Waals surface area contributed by atoms with E-state index < -0.39 is 0 Å². The van der Waals surface area contributed by atoms with Gasteiger partial charge in [-0.2, -0.15) is 0 Å². The number of rotatable bonds is 6. The summed E-state index contributed by atoms with van der Waals surface area (Å²) >= 11 is 1.90. The van der Waals surface area contributed by atoms with E-state index in [2.05, 4.69) is 33.5 Å². The van der Waals surface area contributed by atoms with E-state index in [-0.39, 0.29) is 0 Å². The van der Waals surface area contributed by atoms with Crippen molar-refractivity contribution in [3.05, 3.63) is 40.1 Å². The highest BCUT2D eigenvalue weighted by atomic mass is 32.1. The highest BCUT2D eigenvalue weighted by Crippen LogP contribution is 2.25. The minimum Gasteiger partial charge on any atom is -0.381 e. The van der Waals surface area contributed by atoms with Crippen LogP contribution in [-0.4, -0.2) is 47.4 Å². The molecule has 0 aromatic carbocycles. The quantitative estimate of drug-likeness (QED) is 0.792. The first kappa shape index (κ1) is 17.2. The molecule has 2 aliphatic heterocycles. The molecule has 0 saturated carbocycles. The summed E-state index contributed by atoms with van der Waals surface area (Å²) in [6.07, 6.45) is 6.22. The minimum atomic E-state index is 0.354. The van der Waals surface area contributed by atoms with Gasteiger partial charge in [-0.05, 0) is 37.8 Å². The number of aryl methyl sites for hydroxylation is 1. The Kier molecular flexibility index (Phi) is 5.51. The van der Waals surface area contributed by atoms with E-state index in [9.17, 15) is 0 Å². The average Bonchev–Trinajstić information content (AvgIpc) is 3.25. The molecule has 1 saturated heterocycles. The molecule has 1 atom stereocenters. The van der Waals surface area contributed by atoms with Crippen molar-refractivity contribution in [2.24, 2.45) is 5.92 Å². The smallest absolute Gasteiger partial charge is 0.0952 e. The topological polar surface area (TPSA) is 39.5 Å². The van der Waals surface area contributed by atoms with E-state index in [4.69, 9.17) is 9.47 Å². The molecule has 25 heavy (non-hydrogen) atoms. The fourth-order valence-corrected chi connectivity index (χ4v) is 4.72. The van der Waals surface area contributed by atoms with Crippen molar-refractivity contribution in [1.82, 2.24) is 14.5 Å². The number of hydrogen-bond acceptors (Lipinski definition) is 5. The summed E-state index contributed by atoms with van der Waals surface area (Å²) < 4.78 is 13.8. The van der Waals surface area contributed by atoms with Crippen LogP contribution in [0.5, 0.6) is 0 Å². The molecular weight excluding hydrogens is 334 g/mol. The molecule has 2 aromatic heterocycles. The predicted octanol–water partition coefficient (Wildman–Crippen LogP) is 3.25. The number of ether oxygens (including phenoxy) is 2. The van der Waals surface area contributed by atoms with Crippen LogP contribution in [0.2, 0.25) is 0 Å². The van der Waals surface area contributed by atoms with E-state index in [0.29, 0.717) is 12.0 Å². The van der Waals surface area contributed by atoms with Crippen LogP contribution in [-0.2, 0) is 22.6 Å². The van der Waals surface area contributed by atoms with Crippen LogP contribution in [0.25, 0.3) is 0 Å². The van der Waals surface area contributed by atoms with Crippen LogP contribution < -0.4 is 0 Å². The van der Waals surface area contributed by atoms with E-state index in [1.165, 1.54) is 15.4 Å². The second kappa shape index (κ2) is 7.99. The van der Waals surface area contributed by atoms with Crippen molar-refractivity contribution < 1.29 is 9.47 Å². The van der Waals surface area contributed by atoms with E-state index >= 15 is 0 Å². The van der Waals surface area contributed by atoms with Crippen molar-refractivity contribution in [1.29, 1.82) is 0 Å². The Balaban J connectivity index is 1.35. The summed E-state index contributed by atoms with van der Waals surface area (Å²) in [5.41, 5.74) is 1.29. The molecule has 0 unspecified atom stereocenters. The van der Waals surface area contributed by atoms with Crippen molar-refractivity contribution in [2.45, 2.75) is 38.9 Å². The Morgan fingerprint density at radius 1 is 1.28 bits per heavy atom. The summed E-state index contributed by atoms with van der Waals surface area (Å²) in [6, 6.07) is 4.82. The molecular formula is C19H27N3O2S. The third-order valence-corrected chi connectivity index (χ3v) is 6.16. The highest BCUT2D eigenvalue weighted by Gasteiger charge is 2.26. The summed E-state index contributed by atoms with van der Waals surface area (Å²) in [6.45, 7) is 8.57. The molecule has 2 aromatic rings. The lowest BCUT2D eigenvalue weighted by molar-refractivity contribution is 0.00524. The zero-order valence-corrected chi connectivity index (χ0v) is 15.7. The van der Waals surface area contributed by atoms with Gasteiger partial charge in [0.1, 0.15) is 0 Å². The molecule has 5 nitrogen and oxygen atoms in total. The summed E-state index contributed by atoms with van der Waals surface area (Å²) in [5, 5.41) is 0. The van der Waals surface area contributed by atoms with Crippen LogP contribution in [0, 0.1) is 12.8 Å². The molecule has 2 aliphatic rings. The van der Waals surface area contributed by atoms with Crippen LogP contribution >= 0.6 is 11.3 Å². The molecule has 0 aliphatic carbocycles. The third kappa shape index (κ3) is 4.31. The molecule has 0 amide bonds. The van der Waals surface area contributed by atoms with E-state index in [0.717, 1.165) is 58.9 Å². The zero-order chi connectivity index (χ0) is 17.1. The molecule has 0 spiro atoms. The average molecular weight is 362 g/mol. The Bertz CT molecular complexity index is 678.